The summed E-state index contributed by atoms with van der Waals surface area (Å²) in [6.07, 6.45) is 4.22. The molecule has 0 N–H and O–H groups in total. The van der Waals surface area contributed by atoms with Crippen molar-refractivity contribution in [3.63, 3.8) is 0 Å². The van der Waals surface area contributed by atoms with Gasteiger partial charge in [0.05, 0.1) is 0 Å². The minimum absolute atomic E-state index is 0. The van der Waals surface area contributed by atoms with Crippen molar-refractivity contribution in [1.29, 1.82) is 0 Å². The Morgan fingerprint density at radius 3 is 0.517 bits per heavy atom. The number of rotatable bonds is 4. The first-order chi connectivity index (χ1) is 12.5. The minimum atomic E-state index is -0.187. The van der Waals surface area contributed by atoms with Crippen molar-refractivity contribution in [3.8, 4) is 0 Å². The van der Waals surface area contributed by atoms with Gasteiger partial charge in [-0.25, -0.2) is 0 Å². The molecule has 9 heteroatoms. The van der Waals surface area contributed by atoms with Gasteiger partial charge in [0.15, 0.2) is 23.1 Å². The van der Waals surface area contributed by atoms with Gasteiger partial charge in [0, 0.05) is 0 Å². The van der Waals surface area contributed by atoms with Crippen molar-refractivity contribution in [3.05, 3.63) is 47.3 Å². The molecule has 0 amide bonds. The molecule has 29 heavy (non-hydrogen) atoms. The first-order valence-electron chi connectivity index (χ1n) is 7.94. The van der Waals surface area contributed by atoms with Gasteiger partial charge in [-0.05, 0) is 52.0 Å². The Hall–Kier alpha value is -2.28. The van der Waals surface area contributed by atoms with E-state index in [1.807, 2.05) is 0 Å². The second-order valence-corrected chi connectivity index (χ2v) is 5.46. The Morgan fingerprint density at radius 2 is 0.517 bits per heavy atom. The summed E-state index contributed by atoms with van der Waals surface area (Å²) in [6, 6.07) is 0. The predicted octanol–water partition coefficient (Wildman–Crippen LogP) is -0.644. The van der Waals surface area contributed by atoms with Gasteiger partial charge in [0.1, 0.15) is 0 Å². The van der Waals surface area contributed by atoms with Gasteiger partial charge in [-0.15, -0.1) is 23.0 Å². The van der Waals surface area contributed by atoms with Crippen LogP contribution in [0.3, 0.4) is 0 Å². The van der Waals surface area contributed by atoms with Crippen LogP contribution in [-0.2, 0) is 45.4 Å². The number of hydrogen-bond acceptors (Lipinski definition) is 8. The molecule has 0 fully saturated rings. The zero-order valence-electron chi connectivity index (χ0n) is 18.1. The molecule has 0 unspecified atom stereocenters. The van der Waals surface area contributed by atoms with Crippen molar-refractivity contribution < 1.29 is 65.8 Å². The molecule has 0 rings (SSSR count). The molecule has 0 atom stereocenters. The van der Waals surface area contributed by atoms with Crippen LogP contribution in [0.1, 0.15) is 55.4 Å². The van der Waals surface area contributed by atoms with Crippen molar-refractivity contribution in [1.82, 2.24) is 0 Å². The van der Waals surface area contributed by atoms with E-state index < -0.39 is 0 Å². The second kappa shape index (κ2) is 23.8. The summed E-state index contributed by atoms with van der Waals surface area (Å²) in [5.41, 5.74) is 0. The Labute approximate surface area is 191 Å². The molecule has 0 saturated carbocycles. The number of allylic oxidation sites excluding steroid dienone is 8. The number of carbonyl (C=O) groups excluding carboxylic acids is 4. The predicted molar refractivity (Wildman–Crippen MR) is 97.8 cm³/mol. The summed E-state index contributed by atoms with van der Waals surface area (Å²) in [5.74, 6) is -1.50. The second-order valence-electron chi connectivity index (χ2n) is 5.46. The molecular formula is C20H28O8Zr. The van der Waals surface area contributed by atoms with Crippen LogP contribution in [0.2, 0.25) is 0 Å². The quantitative estimate of drug-likeness (QED) is 0.373. The summed E-state index contributed by atoms with van der Waals surface area (Å²) < 4.78 is 0. The fourth-order valence-electron chi connectivity index (χ4n) is 1.14. The monoisotopic (exact) mass is 486 g/mol. The van der Waals surface area contributed by atoms with Gasteiger partial charge in [-0.1, -0.05) is 27.7 Å². The maximum Gasteiger partial charge on any atom is 4.00 e. The Morgan fingerprint density at radius 1 is 0.414 bits per heavy atom. The van der Waals surface area contributed by atoms with E-state index in [2.05, 4.69) is 0 Å². The van der Waals surface area contributed by atoms with E-state index >= 15 is 0 Å². The first-order valence-corrected chi connectivity index (χ1v) is 7.94. The first kappa shape index (κ1) is 37.5. The number of carbonyl (C=O) groups is 4. The van der Waals surface area contributed by atoms with Gasteiger partial charge in [0.25, 0.3) is 0 Å². The number of hydrogen-bond donors (Lipinski definition) is 0. The molecule has 0 saturated heterocycles. The molecule has 0 aliphatic carbocycles. The van der Waals surface area contributed by atoms with Crippen LogP contribution in [0.5, 0.6) is 0 Å². The molecule has 0 aromatic carbocycles. The largest absolute Gasteiger partial charge is 4.00 e. The molecule has 0 radical (unpaired) electrons. The van der Waals surface area contributed by atoms with Crippen LogP contribution >= 0.6 is 0 Å². The molecule has 0 aliphatic rings. The van der Waals surface area contributed by atoms with Crippen molar-refractivity contribution in [2.24, 2.45) is 0 Å². The topological polar surface area (TPSA) is 161 Å². The molecule has 8 nitrogen and oxygen atoms in total. The van der Waals surface area contributed by atoms with E-state index in [1.165, 1.54) is 55.4 Å². The minimum Gasteiger partial charge on any atom is -0.876 e. The van der Waals surface area contributed by atoms with Gasteiger partial charge < -0.3 is 20.4 Å². The average Bonchev–Trinajstić information content (AvgIpc) is 2.32. The zero-order valence-corrected chi connectivity index (χ0v) is 20.5. The normalized spacial score (nSPS) is 11.0. The van der Waals surface area contributed by atoms with Crippen molar-refractivity contribution >= 4 is 23.1 Å². The van der Waals surface area contributed by atoms with Crippen molar-refractivity contribution in [2.75, 3.05) is 0 Å². The van der Waals surface area contributed by atoms with Crippen LogP contribution in [0.4, 0.5) is 0 Å². The Kier molecular flexibility index (Phi) is 30.7. The van der Waals surface area contributed by atoms with E-state index in [1.54, 1.807) is 0 Å². The third-order valence-corrected chi connectivity index (χ3v) is 1.63. The van der Waals surface area contributed by atoms with Crippen molar-refractivity contribution in [2.45, 2.75) is 55.4 Å². The molecule has 0 aromatic heterocycles. The summed E-state index contributed by atoms with van der Waals surface area (Å²) in [7, 11) is 0. The van der Waals surface area contributed by atoms with Crippen LogP contribution in [0.25, 0.3) is 0 Å². The summed E-state index contributed by atoms with van der Waals surface area (Å²) in [4.78, 5) is 39.9. The smallest absolute Gasteiger partial charge is 0.876 e. The standard InChI is InChI=1S/4C5H8O2.Zr/c4*1-4(6)3-5(2)7;/h4*3,6H,1-2H3;/q;;;;+4/p-4/b3*4-3+;4-3-;. The van der Waals surface area contributed by atoms with Gasteiger partial charge in [0.2, 0.25) is 0 Å². The van der Waals surface area contributed by atoms with Crippen LogP contribution < -0.4 is 20.4 Å². The third kappa shape index (κ3) is 76.9. The van der Waals surface area contributed by atoms with Crippen LogP contribution in [-0.4, -0.2) is 23.1 Å². The summed E-state index contributed by atoms with van der Waals surface area (Å²) >= 11 is 0. The van der Waals surface area contributed by atoms with Gasteiger partial charge in [-0.3, -0.25) is 19.2 Å². The summed E-state index contributed by atoms with van der Waals surface area (Å²) in [5, 5.41) is 39.9. The SMILES string of the molecule is CC(=O)/C=C(/C)[O-].CC(=O)/C=C(\C)[O-].CC(=O)/C=C(\C)[O-].CC(=O)/C=C(\C)[O-].[Zr+4]. The van der Waals surface area contributed by atoms with Crippen LogP contribution in [0.15, 0.2) is 47.3 Å². The van der Waals surface area contributed by atoms with E-state index in [4.69, 9.17) is 0 Å². The number of ketones is 4. The fraction of sp³-hybridized carbons (Fsp3) is 0.400. The van der Waals surface area contributed by atoms with E-state index in [9.17, 15) is 39.6 Å². The van der Waals surface area contributed by atoms with E-state index in [-0.39, 0.29) is 72.4 Å². The Balaban J connectivity index is -0.0000000873. The fourth-order valence-corrected chi connectivity index (χ4v) is 1.14. The zero-order chi connectivity index (χ0) is 23.4. The molecule has 0 aliphatic heterocycles. The average molecular weight is 488 g/mol. The summed E-state index contributed by atoms with van der Waals surface area (Å²) in [6.45, 7) is 10.8. The maximum atomic E-state index is 9.98. The molecular weight excluding hydrogens is 459 g/mol. The third-order valence-electron chi connectivity index (χ3n) is 1.63. The molecule has 0 bridgehead atoms. The molecule has 0 aromatic rings. The molecule has 0 spiro atoms. The van der Waals surface area contributed by atoms with Gasteiger partial charge in [-0.2, -0.15) is 0 Å². The molecule has 160 valence electrons. The Bertz CT molecular complexity index is 513. The molecule has 0 heterocycles. The van der Waals surface area contributed by atoms with E-state index in [0.717, 1.165) is 24.3 Å². The maximum absolute atomic E-state index is 9.98. The van der Waals surface area contributed by atoms with E-state index in [0.29, 0.717) is 0 Å². The van der Waals surface area contributed by atoms with Gasteiger partial charge >= 0.3 is 26.2 Å². The van der Waals surface area contributed by atoms with Crippen LogP contribution in [0, 0.1) is 0 Å².